The lowest BCUT2D eigenvalue weighted by Crippen LogP contribution is -2.58. The number of halogens is 1. The van der Waals surface area contributed by atoms with Crippen molar-refractivity contribution in [3.8, 4) is 0 Å². The van der Waals surface area contributed by atoms with Gasteiger partial charge < -0.3 is 4.57 Å². The second kappa shape index (κ2) is 5.91. The summed E-state index contributed by atoms with van der Waals surface area (Å²) in [5, 5.41) is 0. The van der Waals surface area contributed by atoms with Gasteiger partial charge in [-0.15, -0.1) is 11.6 Å². The van der Waals surface area contributed by atoms with Gasteiger partial charge in [-0.25, -0.2) is 8.42 Å². The summed E-state index contributed by atoms with van der Waals surface area (Å²) in [6.07, 6.45) is 1.69. The number of hydrogen-bond donors (Lipinski definition) is 0. The number of hydrogen-bond acceptors (Lipinski definition) is 3. The van der Waals surface area contributed by atoms with Gasteiger partial charge in [0.15, 0.2) is 0 Å². The number of alkyl halides is 1. The van der Waals surface area contributed by atoms with Crippen molar-refractivity contribution in [3.05, 3.63) is 18.0 Å². The maximum absolute atomic E-state index is 12.8. The molecule has 2 heterocycles. The fourth-order valence-electron chi connectivity index (χ4n) is 2.62. The van der Waals surface area contributed by atoms with Crippen molar-refractivity contribution in [1.82, 2.24) is 13.8 Å². The highest BCUT2D eigenvalue weighted by Crippen LogP contribution is 2.26. The van der Waals surface area contributed by atoms with Crippen molar-refractivity contribution in [2.24, 2.45) is 0 Å². The summed E-state index contributed by atoms with van der Waals surface area (Å²) in [5.74, 6) is 0.317. The number of piperazine rings is 1. The standard InChI is InChI=1S/C14H24ClN3O2S/c1-5-17-10-13(8-12(17)9-15)21(19,20)18-7-6-16(4)14(2,3)11-18/h8,10H,5-7,9,11H2,1-4H3. The first kappa shape index (κ1) is 16.8. The summed E-state index contributed by atoms with van der Waals surface area (Å²) >= 11 is 5.89. The smallest absolute Gasteiger partial charge is 0.244 e. The van der Waals surface area contributed by atoms with E-state index in [9.17, 15) is 8.42 Å². The Morgan fingerprint density at radius 2 is 2.00 bits per heavy atom. The molecule has 0 N–H and O–H groups in total. The minimum atomic E-state index is -3.45. The number of likely N-dealkylation sites (N-methyl/N-ethyl adjacent to an activating group) is 1. The third kappa shape index (κ3) is 3.13. The van der Waals surface area contributed by atoms with Gasteiger partial charge >= 0.3 is 0 Å². The molecule has 21 heavy (non-hydrogen) atoms. The lowest BCUT2D eigenvalue weighted by Gasteiger charge is -2.44. The normalized spacial score (nSPS) is 20.8. The molecule has 7 heteroatoms. The quantitative estimate of drug-likeness (QED) is 0.791. The van der Waals surface area contributed by atoms with Crippen LogP contribution < -0.4 is 0 Å². The van der Waals surface area contributed by atoms with Crippen molar-refractivity contribution < 1.29 is 8.42 Å². The molecule has 120 valence electrons. The molecule has 1 aliphatic heterocycles. The van der Waals surface area contributed by atoms with Crippen molar-refractivity contribution in [2.75, 3.05) is 26.7 Å². The van der Waals surface area contributed by atoms with Crippen LogP contribution in [-0.4, -0.2) is 54.4 Å². The third-order valence-electron chi connectivity index (χ3n) is 4.36. The van der Waals surface area contributed by atoms with Crippen LogP contribution in [0.4, 0.5) is 0 Å². The first-order chi connectivity index (χ1) is 9.72. The number of sulfonamides is 1. The number of aromatic nitrogens is 1. The summed E-state index contributed by atoms with van der Waals surface area (Å²) in [7, 11) is -1.42. The van der Waals surface area contributed by atoms with Gasteiger partial charge in [0.1, 0.15) is 4.90 Å². The van der Waals surface area contributed by atoms with Gasteiger partial charge in [-0.2, -0.15) is 4.31 Å². The van der Waals surface area contributed by atoms with Crippen molar-refractivity contribution in [1.29, 1.82) is 0 Å². The van der Waals surface area contributed by atoms with Crippen LogP contribution in [0.1, 0.15) is 26.5 Å². The molecule has 1 saturated heterocycles. The van der Waals surface area contributed by atoms with Crippen LogP contribution in [0.5, 0.6) is 0 Å². The molecule has 0 aliphatic carbocycles. The Labute approximate surface area is 132 Å². The molecule has 1 fully saturated rings. The van der Waals surface area contributed by atoms with Gasteiger partial charge in [0.2, 0.25) is 10.0 Å². The molecule has 0 amide bonds. The van der Waals surface area contributed by atoms with Gasteiger partial charge in [0.05, 0.1) is 5.88 Å². The lowest BCUT2D eigenvalue weighted by molar-refractivity contribution is 0.0801. The third-order valence-corrected chi connectivity index (χ3v) is 6.44. The maximum atomic E-state index is 12.8. The zero-order chi connectivity index (χ0) is 15.8. The van der Waals surface area contributed by atoms with E-state index in [0.717, 1.165) is 12.2 Å². The van der Waals surface area contributed by atoms with Gasteiger partial charge in [0, 0.05) is 43.6 Å². The summed E-state index contributed by atoms with van der Waals surface area (Å²) in [6.45, 7) is 8.58. The Morgan fingerprint density at radius 3 is 2.48 bits per heavy atom. The molecule has 0 atom stereocenters. The van der Waals surface area contributed by atoms with Crippen LogP contribution in [0.15, 0.2) is 17.2 Å². The van der Waals surface area contributed by atoms with E-state index in [2.05, 4.69) is 18.7 Å². The van der Waals surface area contributed by atoms with Gasteiger partial charge in [0.25, 0.3) is 0 Å². The highest BCUT2D eigenvalue weighted by atomic mass is 35.5. The van der Waals surface area contributed by atoms with Crippen LogP contribution in [0, 0.1) is 0 Å². The molecular weight excluding hydrogens is 310 g/mol. The molecule has 0 bridgehead atoms. The Hall–Kier alpha value is -0.560. The lowest BCUT2D eigenvalue weighted by atomic mass is 10.0. The highest BCUT2D eigenvalue weighted by molar-refractivity contribution is 7.89. The molecule has 5 nitrogen and oxygen atoms in total. The summed E-state index contributed by atoms with van der Waals surface area (Å²) in [5.41, 5.74) is 0.680. The average Bonchev–Trinajstić information content (AvgIpc) is 2.85. The minimum absolute atomic E-state index is 0.159. The van der Waals surface area contributed by atoms with Gasteiger partial charge in [-0.05, 0) is 33.9 Å². The maximum Gasteiger partial charge on any atom is 0.244 e. The zero-order valence-electron chi connectivity index (χ0n) is 13.1. The van der Waals surface area contributed by atoms with Gasteiger partial charge in [-0.3, -0.25) is 4.90 Å². The van der Waals surface area contributed by atoms with E-state index >= 15 is 0 Å². The number of nitrogens with zero attached hydrogens (tertiary/aromatic N) is 3. The first-order valence-electron chi connectivity index (χ1n) is 7.19. The molecule has 1 aromatic rings. The SMILES string of the molecule is CCn1cc(S(=O)(=O)N2CCN(C)C(C)(C)C2)cc1CCl. The Morgan fingerprint density at radius 1 is 1.33 bits per heavy atom. The Balaban J connectivity index is 2.32. The van der Waals surface area contributed by atoms with Crippen molar-refractivity contribution in [2.45, 2.75) is 43.6 Å². The van der Waals surface area contributed by atoms with Crippen LogP contribution in [0.2, 0.25) is 0 Å². The molecular formula is C14H24ClN3O2S. The monoisotopic (exact) mass is 333 g/mol. The van der Waals surface area contributed by atoms with E-state index in [1.165, 1.54) is 0 Å². The van der Waals surface area contributed by atoms with Crippen molar-refractivity contribution in [3.63, 3.8) is 0 Å². The zero-order valence-corrected chi connectivity index (χ0v) is 14.7. The van der Waals surface area contributed by atoms with E-state index < -0.39 is 10.0 Å². The minimum Gasteiger partial charge on any atom is -0.349 e. The molecule has 2 rings (SSSR count). The van der Waals surface area contributed by atoms with Crippen LogP contribution in [-0.2, 0) is 22.4 Å². The summed E-state index contributed by atoms with van der Waals surface area (Å²) in [4.78, 5) is 2.54. The fraction of sp³-hybridized carbons (Fsp3) is 0.714. The van der Waals surface area contributed by atoms with Crippen LogP contribution in [0.3, 0.4) is 0 Å². The van der Waals surface area contributed by atoms with E-state index in [-0.39, 0.29) is 5.54 Å². The average molecular weight is 334 g/mol. The number of rotatable bonds is 4. The van der Waals surface area contributed by atoms with Crippen LogP contribution >= 0.6 is 11.6 Å². The van der Waals surface area contributed by atoms with E-state index in [4.69, 9.17) is 11.6 Å². The molecule has 1 aliphatic rings. The first-order valence-corrected chi connectivity index (χ1v) is 9.16. The Kier molecular flexibility index (Phi) is 4.73. The highest BCUT2D eigenvalue weighted by Gasteiger charge is 2.37. The number of aryl methyl sites for hydroxylation is 1. The van der Waals surface area contributed by atoms with E-state index in [1.54, 1.807) is 16.6 Å². The van der Waals surface area contributed by atoms with E-state index in [0.29, 0.717) is 30.4 Å². The molecule has 0 saturated carbocycles. The van der Waals surface area contributed by atoms with Crippen molar-refractivity contribution >= 4 is 21.6 Å². The predicted molar refractivity (Wildman–Crippen MR) is 85.1 cm³/mol. The largest absolute Gasteiger partial charge is 0.349 e. The second-order valence-electron chi connectivity index (χ2n) is 6.16. The topological polar surface area (TPSA) is 45.6 Å². The fourth-order valence-corrected chi connectivity index (χ4v) is 4.50. The predicted octanol–water partition coefficient (Wildman–Crippen LogP) is 1.96. The van der Waals surface area contributed by atoms with Gasteiger partial charge in [-0.1, -0.05) is 0 Å². The molecule has 0 radical (unpaired) electrons. The Bertz CT molecular complexity index is 588. The molecule has 0 spiro atoms. The van der Waals surface area contributed by atoms with Crippen LogP contribution in [0.25, 0.3) is 0 Å². The van der Waals surface area contributed by atoms with E-state index in [1.807, 2.05) is 18.5 Å². The molecule has 1 aromatic heterocycles. The second-order valence-corrected chi connectivity index (χ2v) is 8.36. The molecule has 0 aromatic carbocycles. The summed E-state index contributed by atoms with van der Waals surface area (Å²) < 4.78 is 29.1. The molecule has 0 unspecified atom stereocenters. The summed E-state index contributed by atoms with van der Waals surface area (Å²) in [6, 6.07) is 1.69.